The summed E-state index contributed by atoms with van der Waals surface area (Å²) in [5.41, 5.74) is 0.489. The number of benzene rings is 1. The van der Waals surface area contributed by atoms with Crippen molar-refractivity contribution in [2.75, 3.05) is 58.2 Å². The summed E-state index contributed by atoms with van der Waals surface area (Å²) in [5.74, 6) is 0.170. The Hall–Kier alpha value is -1.94. The molecule has 0 aliphatic carbocycles. The lowest BCUT2D eigenvalue weighted by Gasteiger charge is -2.40. The van der Waals surface area contributed by atoms with Crippen LogP contribution in [-0.2, 0) is 16.1 Å². The summed E-state index contributed by atoms with van der Waals surface area (Å²) in [6.45, 7) is 15.8. The fourth-order valence-electron chi connectivity index (χ4n) is 4.22. The molecule has 9 heteroatoms. The molecule has 34 heavy (non-hydrogen) atoms. The van der Waals surface area contributed by atoms with E-state index >= 15 is 0 Å². The predicted octanol–water partition coefficient (Wildman–Crippen LogP) is 2.45. The summed E-state index contributed by atoms with van der Waals surface area (Å²) >= 11 is 1.33. The molecule has 1 fully saturated rings. The van der Waals surface area contributed by atoms with Gasteiger partial charge in [0.1, 0.15) is 0 Å². The van der Waals surface area contributed by atoms with E-state index in [0.717, 1.165) is 52.4 Å². The zero-order valence-electron chi connectivity index (χ0n) is 21.0. The van der Waals surface area contributed by atoms with E-state index in [-0.39, 0.29) is 22.8 Å². The zero-order chi connectivity index (χ0) is 24.6. The molecule has 0 bridgehead atoms. The average molecular weight is 490 g/mol. The molecule has 188 valence electrons. The van der Waals surface area contributed by atoms with Gasteiger partial charge in [-0.1, -0.05) is 37.7 Å². The van der Waals surface area contributed by atoms with Gasteiger partial charge in [-0.05, 0) is 52.0 Å². The normalized spacial score (nSPS) is 15.2. The van der Waals surface area contributed by atoms with Gasteiger partial charge >= 0.3 is 0 Å². The molecule has 0 radical (unpaired) electrons. The van der Waals surface area contributed by atoms with Gasteiger partial charge in [0, 0.05) is 31.7 Å². The Morgan fingerprint density at radius 1 is 1.21 bits per heavy atom. The van der Waals surface area contributed by atoms with E-state index in [4.69, 9.17) is 9.72 Å². The molecule has 1 aromatic heterocycles. The molecule has 1 aromatic carbocycles. The third-order valence-electron chi connectivity index (χ3n) is 6.49. The van der Waals surface area contributed by atoms with Crippen molar-refractivity contribution >= 4 is 28.6 Å². The van der Waals surface area contributed by atoms with Crippen LogP contribution in [0.25, 0.3) is 10.9 Å². The van der Waals surface area contributed by atoms with Crippen LogP contribution >= 0.6 is 11.8 Å². The molecule has 0 spiro atoms. The van der Waals surface area contributed by atoms with Gasteiger partial charge in [-0.3, -0.25) is 19.1 Å². The molecule has 1 aliphatic rings. The van der Waals surface area contributed by atoms with Gasteiger partial charge in [0.05, 0.1) is 29.9 Å². The second-order valence-electron chi connectivity index (χ2n) is 9.23. The summed E-state index contributed by atoms with van der Waals surface area (Å²) < 4.78 is 7.18. The van der Waals surface area contributed by atoms with E-state index in [1.807, 2.05) is 24.3 Å². The number of nitrogens with one attached hydrogen (secondary N) is 1. The monoisotopic (exact) mass is 489 g/mol. The SMILES string of the molecule is CCN(CC)CCCn1c(SCC(=O)NCC(C)(C)N2CCOCC2)nc2ccccc2c1=O. The number of para-hydroxylation sites is 1. The highest BCUT2D eigenvalue weighted by Crippen LogP contribution is 2.19. The quantitative estimate of drug-likeness (QED) is 0.362. The summed E-state index contributed by atoms with van der Waals surface area (Å²) in [4.78, 5) is 35.3. The number of thioether (sulfide) groups is 1. The minimum absolute atomic E-state index is 0.0403. The van der Waals surface area contributed by atoms with E-state index < -0.39 is 0 Å². The van der Waals surface area contributed by atoms with Crippen molar-refractivity contribution in [1.82, 2.24) is 24.7 Å². The van der Waals surface area contributed by atoms with Crippen molar-refractivity contribution in [3.05, 3.63) is 34.6 Å². The van der Waals surface area contributed by atoms with Crippen molar-refractivity contribution < 1.29 is 9.53 Å². The summed E-state index contributed by atoms with van der Waals surface area (Å²) in [6, 6.07) is 7.42. The number of rotatable bonds is 12. The lowest BCUT2D eigenvalue weighted by molar-refractivity contribution is -0.119. The number of nitrogens with zero attached hydrogens (tertiary/aromatic N) is 4. The number of hydrogen-bond donors (Lipinski definition) is 1. The van der Waals surface area contributed by atoms with Gasteiger partial charge in [0.25, 0.3) is 5.56 Å². The highest BCUT2D eigenvalue weighted by molar-refractivity contribution is 7.99. The molecule has 1 amide bonds. The molecule has 1 saturated heterocycles. The van der Waals surface area contributed by atoms with E-state index in [0.29, 0.717) is 29.1 Å². The molecule has 8 nitrogen and oxygen atoms in total. The van der Waals surface area contributed by atoms with Gasteiger partial charge in [0.2, 0.25) is 5.91 Å². The first-order valence-electron chi connectivity index (χ1n) is 12.3. The van der Waals surface area contributed by atoms with E-state index in [1.54, 1.807) is 4.57 Å². The maximum absolute atomic E-state index is 13.2. The van der Waals surface area contributed by atoms with Crippen LogP contribution in [0.3, 0.4) is 0 Å². The summed E-state index contributed by atoms with van der Waals surface area (Å²) in [7, 11) is 0. The van der Waals surface area contributed by atoms with E-state index in [2.05, 4.69) is 42.8 Å². The molecule has 2 heterocycles. The van der Waals surface area contributed by atoms with Crippen molar-refractivity contribution in [2.24, 2.45) is 0 Å². The minimum Gasteiger partial charge on any atom is -0.379 e. The maximum atomic E-state index is 13.2. The Balaban J connectivity index is 1.66. The van der Waals surface area contributed by atoms with Crippen molar-refractivity contribution in [3.8, 4) is 0 Å². The number of hydrogen-bond acceptors (Lipinski definition) is 7. The first kappa shape index (κ1) is 26.7. The Kier molecular flexibility index (Phi) is 9.94. The Labute approximate surface area is 207 Å². The third kappa shape index (κ3) is 7.04. The minimum atomic E-state index is -0.141. The topological polar surface area (TPSA) is 79.7 Å². The zero-order valence-corrected chi connectivity index (χ0v) is 21.8. The number of aromatic nitrogens is 2. The molecular weight excluding hydrogens is 450 g/mol. The maximum Gasteiger partial charge on any atom is 0.262 e. The molecule has 0 saturated carbocycles. The predicted molar refractivity (Wildman–Crippen MR) is 139 cm³/mol. The number of morpholine rings is 1. The van der Waals surface area contributed by atoms with Crippen LogP contribution in [0.1, 0.15) is 34.1 Å². The van der Waals surface area contributed by atoms with E-state index in [9.17, 15) is 9.59 Å². The van der Waals surface area contributed by atoms with Gasteiger partial charge < -0.3 is 15.0 Å². The molecule has 0 unspecified atom stereocenters. The number of carbonyl (C=O) groups excluding carboxylic acids is 1. The van der Waals surface area contributed by atoms with Gasteiger partial charge in [-0.2, -0.15) is 0 Å². The number of fused-ring (bicyclic) bond motifs is 1. The summed E-state index contributed by atoms with van der Waals surface area (Å²) in [5, 5.41) is 4.29. The first-order chi connectivity index (χ1) is 16.4. The highest BCUT2D eigenvalue weighted by atomic mass is 32.2. The first-order valence-corrected chi connectivity index (χ1v) is 13.3. The van der Waals surface area contributed by atoms with Crippen molar-refractivity contribution in [1.29, 1.82) is 0 Å². The van der Waals surface area contributed by atoms with Crippen LogP contribution in [0.5, 0.6) is 0 Å². The van der Waals surface area contributed by atoms with E-state index in [1.165, 1.54) is 11.8 Å². The molecule has 0 atom stereocenters. The number of amides is 1. The van der Waals surface area contributed by atoms with Crippen molar-refractivity contribution in [3.63, 3.8) is 0 Å². The molecule has 3 rings (SSSR count). The largest absolute Gasteiger partial charge is 0.379 e. The smallest absolute Gasteiger partial charge is 0.262 e. The lowest BCUT2D eigenvalue weighted by Crippen LogP contribution is -2.55. The molecular formula is C25H39N5O3S. The Morgan fingerprint density at radius 3 is 2.62 bits per heavy atom. The Morgan fingerprint density at radius 2 is 1.91 bits per heavy atom. The fraction of sp³-hybridized carbons (Fsp3) is 0.640. The van der Waals surface area contributed by atoms with Crippen LogP contribution in [0.2, 0.25) is 0 Å². The highest BCUT2D eigenvalue weighted by Gasteiger charge is 2.28. The van der Waals surface area contributed by atoms with Gasteiger partial charge in [-0.15, -0.1) is 0 Å². The van der Waals surface area contributed by atoms with Crippen molar-refractivity contribution in [2.45, 2.75) is 51.4 Å². The Bertz CT molecular complexity index is 1000. The fourth-order valence-corrected chi connectivity index (χ4v) is 5.08. The van der Waals surface area contributed by atoms with Crippen LogP contribution in [0, 0.1) is 0 Å². The molecule has 1 N–H and O–H groups in total. The van der Waals surface area contributed by atoms with Crippen LogP contribution < -0.4 is 10.9 Å². The summed E-state index contributed by atoms with van der Waals surface area (Å²) in [6.07, 6.45) is 0.856. The van der Waals surface area contributed by atoms with Gasteiger partial charge in [-0.25, -0.2) is 4.98 Å². The van der Waals surface area contributed by atoms with Crippen LogP contribution in [-0.4, -0.2) is 89.0 Å². The second kappa shape index (κ2) is 12.7. The van der Waals surface area contributed by atoms with Crippen LogP contribution in [0.15, 0.2) is 34.2 Å². The standard InChI is InChI=1S/C25H39N5O3S/c1-5-28(6-2)12-9-13-30-23(32)20-10-7-8-11-21(20)27-24(30)34-18-22(31)26-19-25(3,4)29-14-16-33-17-15-29/h7-8,10-11H,5-6,9,12-19H2,1-4H3,(H,26,31). The molecule has 1 aliphatic heterocycles. The number of carbonyl (C=O) groups is 1. The van der Waals surface area contributed by atoms with Crippen LogP contribution in [0.4, 0.5) is 0 Å². The average Bonchev–Trinajstić information content (AvgIpc) is 2.86. The molecule has 2 aromatic rings. The third-order valence-corrected chi connectivity index (χ3v) is 7.47. The lowest BCUT2D eigenvalue weighted by atomic mass is 10.0. The number of ether oxygens (including phenoxy) is 1. The second-order valence-corrected chi connectivity index (χ2v) is 10.2. The van der Waals surface area contributed by atoms with Gasteiger partial charge in [0.15, 0.2) is 5.16 Å².